The van der Waals surface area contributed by atoms with Gasteiger partial charge in [-0.15, -0.1) is 10.2 Å². The van der Waals surface area contributed by atoms with Gasteiger partial charge < -0.3 is 16.0 Å². The number of nitrogens with zero attached hydrogens (tertiary/aromatic N) is 2. The van der Waals surface area contributed by atoms with E-state index in [0.29, 0.717) is 24.1 Å². The summed E-state index contributed by atoms with van der Waals surface area (Å²) >= 11 is 0. The molecule has 1 aliphatic rings. The Morgan fingerprint density at radius 2 is 2.41 bits per heavy atom. The number of carbonyl (C=O) groups excluding carboxylic acids is 1. The van der Waals surface area contributed by atoms with Crippen LogP contribution in [0.15, 0.2) is 12.1 Å². The highest BCUT2D eigenvalue weighted by atomic mass is 16.1. The van der Waals surface area contributed by atoms with Crippen molar-refractivity contribution >= 4 is 11.7 Å². The van der Waals surface area contributed by atoms with Crippen molar-refractivity contribution in [2.75, 3.05) is 25.0 Å². The van der Waals surface area contributed by atoms with E-state index in [9.17, 15) is 4.79 Å². The van der Waals surface area contributed by atoms with Crippen molar-refractivity contribution in [3.05, 3.63) is 17.8 Å². The number of hydrogen-bond acceptors (Lipinski definition) is 5. The lowest BCUT2D eigenvalue weighted by atomic mass is 10.2. The number of nitrogens with one attached hydrogen (secondary N) is 3. The Labute approximate surface area is 100 Å². The molecule has 1 aliphatic heterocycles. The zero-order valence-corrected chi connectivity index (χ0v) is 9.86. The molecule has 1 aromatic heterocycles. The highest BCUT2D eigenvalue weighted by Gasteiger charge is 2.14. The lowest BCUT2D eigenvalue weighted by Gasteiger charge is -2.11. The molecule has 1 saturated heterocycles. The molecule has 0 radical (unpaired) electrons. The molecule has 1 fully saturated rings. The van der Waals surface area contributed by atoms with Crippen LogP contribution in [0.25, 0.3) is 0 Å². The van der Waals surface area contributed by atoms with Gasteiger partial charge in [0.1, 0.15) is 5.82 Å². The summed E-state index contributed by atoms with van der Waals surface area (Å²) in [6.45, 7) is 4.43. The van der Waals surface area contributed by atoms with Crippen LogP contribution in [0, 0.1) is 0 Å². The normalized spacial score (nSPS) is 19.0. The fraction of sp³-hybridized carbons (Fsp3) is 0.545. The monoisotopic (exact) mass is 235 g/mol. The summed E-state index contributed by atoms with van der Waals surface area (Å²) in [5.41, 5.74) is 0.349. The summed E-state index contributed by atoms with van der Waals surface area (Å²) in [7, 11) is 0. The van der Waals surface area contributed by atoms with E-state index in [1.54, 1.807) is 12.1 Å². The molecule has 0 bridgehead atoms. The third-order valence-corrected chi connectivity index (χ3v) is 2.65. The molecule has 3 N–H and O–H groups in total. The third kappa shape index (κ3) is 3.13. The van der Waals surface area contributed by atoms with Crippen LogP contribution in [0.5, 0.6) is 0 Å². The van der Waals surface area contributed by atoms with Crippen LogP contribution < -0.4 is 16.0 Å². The summed E-state index contributed by atoms with van der Waals surface area (Å²) in [5, 5.41) is 17.1. The Morgan fingerprint density at radius 3 is 3.00 bits per heavy atom. The Morgan fingerprint density at radius 1 is 1.53 bits per heavy atom. The first-order chi connectivity index (χ1) is 8.29. The highest BCUT2D eigenvalue weighted by Crippen LogP contribution is 2.08. The van der Waals surface area contributed by atoms with Gasteiger partial charge in [-0.05, 0) is 32.0 Å². The van der Waals surface area contributed by atoms with Gasteiger partial charge in [0.2, 0.25) is 0 Å². The maximum absolute atomic E-state index is 11.5. The molecule has 2 heterocycles. The zero-order chi connectivity index (χ0) is 12.1. The number of hydrogen-bond donors (Lipinski definition) is 3. The molecule has 6 heteroatoms. The molecule has 6 nitrogen and oxygen atoms in total. The molecule has 17 heavy (non-hydrogen) atoms. The van der Waals surface area contributed by atoms with Crippen molar-refractivity contribution in [2.24, 2.45) is 0 Å². The lowest BCUT2D eigenvalue weighted by molar-refractivity contribution is 0.0950. The Kier molecular flexibility index (Phi) is 3.87. The molecule has 0 aliphatic carbocycles. The second-order valence-electron chi connectivity index (χ2n) is 4.00. The predicted octanol–water partition coefficient (Wildman–Crippen LogP) is 0.0001000. The number of aromatic nitrogens is 2. The Hall–Kier alpha value is -1.69. The zero-order valence-electron chi connectivity index (χ0n) is 9.86. The number of anilines is 1. The number of carbonyl (C=O) groups is 1. The molecule has 1 amide bonds. The average Bonchev–Trinajstić information content (AvgIpc) is 2.83. The minimum atomic E-state index is -0.186. The van der Waals surface area contributed by atoms with Crippen molar-refractivity contribution in [3.63, 3.8) is 0 Å². The summed E-state index contributed by atoms with van der Waals surface area (Å²) < 4.78 is 0. The van der Waals surface area contributed by atoms with Gasteiger partial charge in [0.15, 0.2) is 5.69 Å². The molecular formula is C11H17N5O. The first-order valence-corrected chi connectivity index (χ1v) is 5.88. The van der Waals surface area contributed by atoms with Crippen LogP contribution in [0.1, 0.15) is 23.8 Å². The van der Waals surface area contributed by atoms with Gasteiger partial charge in [-0.2, -0.15) is 0 Å². The van der Waals surface area contributed by atoms with E-state index in [-0.39, 0.29) is 5.91 Å². The van der Waals surface area contributed by atoms with Crippen molar-refractivity contribution in [1.29, 1.82) is 0 Å². The van der Waals surface area contributed by atoms with Crippen molar-refractivity contribution in [3.8, 4) is 0 Å². The predicted molar refractivity (Wildman–Crippen MR) is 64.9 cm³/mol. The summed E-state index contributed by atoms with van der Waals surface area (Å²) in [6, 6.07) is 3.87. The maximum atomic E-state index is 11.5. The third-order valence-electron chi connectivity index (χ3n) is 2.65. The quantitative estimate of drug-likeness (QED) is 0.684. The summed E-state index contributed by atoms with van der Waals surface area (Å²) in [6.07, 6.45) is 1.08. The minimum Gasteiger partial charge on any atom is -0.365 e. The first kappa shape index (κ1) is 11.8. The van der Waals surface area contributed by atoms with Gasteiger partial charge in [-0.25, -0.2) is 0 Å². The largest absolute Gasteiger partial charge is 0.365 e. The van der Waals surface area contributed by atoms with Crippen molar-refractivity contribution < 1.29 is 4.79 Å². The standard InChI is InChI=1S/C11H17N5O/c1-2-13-11(17)9-3-4-10(16-15-9)14-8-5-6-12-7-8/h3-4,8,12H,2,5-7H2,1H3,(H,13,17)(H,14,16). The first-order valence-electron chi connectivity index (χ1n) is 5.88. The summed E-state index contributed by atoms with van der Waals surface area (Å²) in [5.74, 6) is 0.529. The average molecular weight is 235 g/mol. The summed E-state index contributed by atoms with van der Waals surface area (Å²) in [4.78, 5) is 11.5. The highest BCUT2D eigenvalue weighted by molar-refractivity contribution is 5.92. The molecule has 0 spiro atoms. The maximum Gasteiger partial charge on any atom is 0.271 e. The molecule has 0 saturated carbocycles. The molecule has 1 aromatic rings. The van der Waals surface area contributed by atoms with Gasteiger partial charge >= 0.3 is 0 Å². The van der Waals surface area contributed by atoms with Crippen LogP contribution in [0.2, 0.25) is 0 Å². The van der Waals surface area contributed by atoms with Gasteiger partial charge in [-0.1, -0.05) is 0 Å². The number of amides is 1. The van der Waals surface area contributed by atoms with Crippen LogP contribution >= 0.6 is 0 Å². The van der Waals surface area contributed by atoms with Crippen molar-refractivity contribution in [1.82, 2.24) is 20.8 Å². The van der Waals surface area contributed by atoms with Crippen LogP contribution in [0.4, 0.5) is 5.82 Å². The minimum absolute atomic E-state index is 0.186. The van der Waals surface area contributed by atoms with Crippen molar-refractivity contribution in [2.45, 2.75) is 19.4 Å². The van der Waals surface area contributed by atoms with E-state index in [1.807, 2.05) is 6.92 Å². The Balaban J connectivity index is 1.94. The van der Waals surface area contributed by atoms with Gasteiger partial charge in [0.05, 0.1) is 0 Å². The molecule has 1 unspecified atom stereocenters. The molecular weight excluding hydrogens is 218 g/mol. The second kappa shape index (κ2) is 5.58. The van der Waals surface area contributed by atoms with Crippen LogP contribution in [-0.4, -0.2) is 41.8 Å². The Bertz CT molecular complexity index is 372. The van der Waals surface area contributed by atoms with Crippen LogP contribution in [-0.2, 0) is 0 Å². The van der Waals surface area contributed by atoms with Crippen LogP contribution in [0.3, 0.4) is 0 Å². The smallest absolute Gasteiger partial charge is 0.271 e. The van der Waals surface area contributed by atoms with E-state index < -0.39 is 0 Å². The van der Waals surface area contributed by atoms with E-state index in [2.05, 4.69) is 26.1 Å². The SMILES string of the molecule is CCNC(=O)c1ccc(NC2CCNC2)nn1. The fourth-order valence-electron chi connectivity index (χ4n) is 1.77. The molecule has 2 rings (SSSR count). The second-order valence-corrected chi connectivity index (χ2v) is 4.00. The lowest BCUT2D eigenvalue weighted by Crippen LogP contribution is -2.25. The topological polar surface area (TPSA) is 78.9 Å². The van der Waals surface area contributed by atoms with E-state index in [0.717, 1.165) is 19.5 Å². The number of rotatable bonds is 4. The van der Waals surface area contributed by atoms with E-state index >= 15 is 0 Å². The van der Waals surface area contributed by atoms with Gasteiger partial charge in [0.25, 0.3) is 5.91 Å². The van der Waals surface area contributed by atoms with E-state index in [1.165, 1.54) is 0 Å². The fourth-order valence-corrected chi connectivity index (χ4v) is 1.77. The van der Waals surface area contributed by atoms with E-state index in [4.69, 9.17) is 0 Å². The molecule has 0 aromatic carbocycles. The van der Waals surface area contributed by atoms with Gasteiger partial charge in [0, 0.05) is 19.1 Å². The molecule has 92 valence electrons. The molecule has 1 atom stereocenters. The van der Waals surface area contributed by atoms with Gasteiger partial charge in [-0.3, -0.25) is 4.79 Å².